The van der Waals surface area contributed by atoms with E-state index in [1.165, 1.54) is 0 Å². The van der Waals surface area contributed by atoms with Gasteiger partial charge >= 0.3 is 5.97 Å². The number of carbonyl (C=O) groups excluding carboxylic acids is 3. The van der Waals surface area contributed by atoms with E-state index in [-0.39, 0.29) is 6.61 Å². The molecule has 0 fully saturated rings. The van der Waals surface area contributed by atoms with Crippen LogP contribution in [0.5, 0.6) is 5.75 Å². The highest BCUT2D eigenvalue weighted by atomic mass is 16.5. The Kier molecular flexibility index (Phi) is 7.91. The standard InChI is InChI=1S/C16H20N2O5/c1-3-11-23-13-8-6-5-7-12(13)16(21)18-17-14(19)9-10-15(20)22-4-2/h5-10H,3-4,11H2,1-2H3,(H,17,19)(H,18,21)/b10-9+. The van der Waals surface area contributed by atoms with Crippen molar-refractivity contribution >= 4 is 17.8 Å². The zero-order valence-corrected chi connectivity index (χ0v) is 13.1. The first-order valence-electron chi connectivity index (χ1n) is 7.25. The Morgan fingerprint density at radius 1 is 1.09 bits per heavy atom. The zero-order chi connectivity index (χ0) is 17.1. The van der Waals surface area contributed by atoms with Crippen molar-refractivity contribution in [2.75, 3.05) is 13.2 Å². The smallest absolute Gasteiger partial charge is 0.330 e. The lowest BCUT2D eigenvalue weighted by Crippen LogP contribution is -2.41. The molecule has 1 aromatic carbocycles. The Morgan fingerprint density at radius 2 is 1.83 bits per heavy atom. The first-order chi connectivity index (χ1) is 11.1. The third kappa shape index (κ3) is 6.64. The molecule has 7 heteroatoms. The van der Waals surface area contributed by atoms with E-state index in [9.17, 15) is 14.4 Å². The van der Waals surface area contributed by atoms with Crippen LogP contribution in [0.1, 0.15) is 30.6 Å². The molecule has 23 heavy (non-hydrogen) atoms. The fraction of sp³-hybridized carbons (Fsp3) is 0.312. The maximum Gasteiger partial charge on any atom is 0.330 e. The highest BCUT2D eigenvalue weighted by molar-refractivity contribution is 6.00. The SMILES string of the molecule is CCCOc1ccccc1C(=O)NNC(=O)/C=C/C(=O)OCC. The van der Waals surface area contributed by atoms with Crippen LogP contribution in [-0.4, -0.2) is 31.0 Å². The summed E-state index contributed by atoms with van der Waals surface area (Å²) in [5.74, 6) is -1.37. The van der Waals surface area contributed by atoms with Gasteiger partial charge in [0.15, 0.2) is 0 Å². The van der Waals surface area contributed by atoms with Gasteiger partial charge in [0.1, 0.15) is 5.75 Å². The van der Waals surface area contributed by atoms with Crippen LogP contribution in [0.2, 0.25) is 0 Å². The number of benzene rings is 1. The van der Waals surface area contributed by atoms with Gasteiger partial charge in [0, 0.05) is 12.2 Å². The lowest BCUT2D eigenvalue weighted by atomic mass is 10.2. The number of hydrogen-bond acceptors (Lipinski definition) is 5. The van der Waals surface area contributed by atoms with Crippen molar-refractivity contribution in [3.8, 4) is 5.75 Å². The average molecular weight is 320 g/mol. The molecule has 0 saturated carbocycles. The van der Waals surface area contributed by atoms with Crippen LogP contribution in [-0.2, 0) is 14.3 Å². The Labute approximate surface area is 134 Å². The molecule has 1 rings (SSSR count). The molecule has 0 aromatic heterocycles. The fourth-order valence-corrected chi connectivity index (χ4v) is 1.55. The molecule has 0 aliphatic heterocycles. The lowest BCUT2D eigenvalue weighted by Gasteiger charge is -2.11. The first kappa shape index (κ1) is 18.2. The van der Waals surface area contributed by atoms with Crippen molar-refractivity contribution in [3.63, 3.8) is 0 Å². The number of ether oxygens (including phenoxy) is 2. The minimum Gasteiger partial charge on any atom is -0.493 e. The van der Waals surface area contributed by atoms with Gasteiger partial charge in [0.2, 0.25) is 0 Å². The minimum atomic E-state index is -0.654. The van der Waals surface area contributed by atoms with Crippen molar-refractivity contribution in [1.82, 2.24) is 10.9 Å². The van der Waals surface area contributed by atoms with Gasteiger partial charge in [0.05, 0.1) is 18.8 Å². The van der Waals surface area contributed by atoms with Crippen molar-refractivity contribution in [2.45, 2.75) is 20.3 Å². The van der Waals surface area contributed by atoms with Gasteiger partial charge in [-0.3, -0.25) is 20.4 Å². The molecule has 0 aliphatic carbocycles. The summed E-state index contributed by atoms with van der Waals surface area (Å²) in [6, 6.07) is 6.70. The summed E-state index contributed by atoms with van der Waals surface area (Å²) >= 11 is 0. The van der Waals surface area contributed by atoms with Crippen LogP contribution in [0.15, 0.2) is 36.4 Å². The number of amides is 2. The van der Waals surface area contributed by atoms with E-state index < -0.39 is 17.8 Å². The van der Waals surface area contributed by atoms with Gasteiger partial charge in [-0.15, -0.1) is 0 Å². The Bertz CT molecular complexity index is 584. The van der Waals surface area contributed by atoms with Gasteiger partial charge in [-0.1, -0.05) is 19.1 Å². The van der Waals surface area contributed by atoms with Crippen molar-refractivity contribution in [1.29, 1.82) is 0 Å². The molecule has 0 heterocycles. The third-order valence-electron chi connectivity index (χ3n) is 2.55. The average Bonchev–Trinajstić information content (AvgIpc) is 2.56. The van der Waals surface area contributed by atoms with Crippen LogP contribution in [0.25, 0.3) is 0 Å². The molecule has 0 aliphatic rings. The van der Waals surface area contributed by atoms with Gasteiger partial charge in [-0.25, -0.2) is 4.79 Å². The van der Waals surface area contributed by atoms with E-state index in [1.54, 1.807) is 31.2 Å². The molecule has 124 valence electrons. The molecule has 0 unspecified atom stereocenters. The van der Waals surface area contributed by atoms with Gasteiger partial charge < -0.3 is 9.47 Å². The molecule has 0 atom stereocenters. The molecular formula is C16H20N2O5. The molecule has 0 saturated heterocycles. The molecule has 2 N–H and O–H groups in total. The minimum absolute atomic E-state index is 0.218. The molecule has 1 aromatic rings. The highest BCUT2D eigenvalue weighted by Gasteiger charge is 2.12. The molecule has 7 nitrogen and oxygen atoms in total. The second-order valence-electron chi connectivity index (χ2n) is 4.37. The molecule has 0 spiro atoms. The topological polar surface area (TPSA) is 93.7 Å². The number of nitrogens with one attached hydrogen (secondary N) is 2. The molecular weight excluding hydrogens is 300 g/mol. The van der Waals surface area contributed by atoms with Gasteiger partial charge in [-0.05, 0) is 25.5 Å². The van der Waals surface area contributed by atoms with Crippen LogP contribution in [0.3, 0.4) is 0 Å². The second kappa shape index (κ2) is 9.99. The number of hydrazine groups is 1. The summed E-state index contributed by atoms with van der Waals surface area (Å²) in [6.07, 6.45) is 2.76. The highest BCUT2D eigenvalue weighted by Crippen LogP contribution is 2.17. The van der Waals surface area contributed by atoms with Crippen LogP contribution in [0.4, 0.5) is 0 Å². The predicted molar refractivity (Wildman–Crippen MR) is 83.6 cm³/mol. The number of hydrogen-bond donors (Lipinski definition) is 2. The van der Waals surface area contributed by atoms with E-state index >= 15 is 0 Å². The summed E-state index contributed by atoms with van der Waals surface area (Å²) in [7, 11) is 0. The lowest BCUT2D eigenvalue weighted by molar-refractivity contribution is -0.137. The summed E-state index contributed by atoms with van der Waals surface area (Å²) in [5, 5.41) is 0. The molecule has 2 amide bonds. The van der Waals surface area contributed by atoms with Crippen molar-refractivity contribution in [3.05, 3.63) is 42.0 Å². The maximum atomic E-state index is 12.1. The zero-order valence-electron chi connectivity index (χ0n) is 13.1. The Morgan fingerprint density at radius 3 is 2.52 bits per heavy atom. The maximum absolute atomic E-state index is 12.1. The fourth-order valence-electron chi connectivity index (χ4n) is 1.55. The van der Waals surface area contributed by atoms with Crippen LogP contribution >= 0.6 is 0 Å². The summed E-state index contributed by atoms with van der Waals surface area (Å²) < 4.78 is 10.1. The second-order valence-corrected chi connectivity index (χ2v) is 4.37. The quantitative estimate of drug-likeness (QED) is 0.449. The van der Waals surface area contributed by atoms with Gasteiger partial charge in [-0.2, -0.15) is 0 Å². The van der Waals surface area contributed by atoms with Crippen molar-refractivity contribution in [2.24, 2.45) is 0 Å². The predicted octanol–water partition coefficient (Wildman–Crippen LogP) is 1.36. The summed E-state index contributed by atoms with van der Waals surface area (Å²) in [6.45, 7) is 4.32. The normalized spacial score (nSPS) is 10.2. The largest absolute Gasteiger partial charge is 0.493 e. The summed E-state index contributed by atoms with van der Waals surface area (Å²) in [4.78, 5) is 34.6. The van der Waals surface area contributed by atoms with Crippen molar-refractivity contribution < 1.29 is 23.9 Å². The third-order valence-corrected chi connectivity index (χ3v) is 2.55. The Hall–Kier alpha value is -2.83. The van der Waals surface area contributed by atoms with E-state index in [4.69, 9.17) is 4.74 Å². The van der Waals surface area contributed by atoms with Gasteiger partial charge in [0.25, 0.3) is 11.8 Å². The number of para-hydroxylation sites is 1. The molecule has 0 radical (unpaired) electrons. The van der Waals surface area contributed by atoms with E-state index in [1.807, 2.05) is 6.92 Å². The monoisotopic (exact) mass is 320 g/mol. The number of esters is 1. The van der Waals surface area contributed by atoms with E-state index in [2.05, 4.69) is 15.6 Å². The summed E-state index contributed by atoms with van der Waals surface area (Å²) in [5.41, 5.74) is 4.72. The van der Waals surface area contributed by atoms with Crippen LogP contribution < -0.4 is 15.6 Å². The molecule has 0 bridgehead atoms. The first-order valence-corrected chi connectivity index (χ1v) is 7.25. The van der Waals surface area contributed by atoms with Crippen LogP contribution in [0, 0.1) is 0 Å². The van der Waals surface area contributed by atoms with E-state index in [0.717, 1.165) is 18.6 Å². The van der Waals surface area contributed by atoms with E-state index in [0.29, 0.717) is 17.9 Å². The number of carbonyl (C=O) groups is 3. The number of rotatable bonds is 7. The Balaban J connectivity index is 2.57.